The molecule has 8 aromatic rings. The van der Waals surface area contributed by atoms with Crippen LogP contribution in [0.1, 0.15) is 277 Å². The van der Waals surface area contributed by atoms with Gasteiger partial charge in [-0.2, -0.15) is 0 Å². The summed E-state index contributed by atoms with van der Waals surface area (Å²) in [6.07, 6.45) is 16.6. The lowest BCUT2D eigenvalue weighted by atomic mass is 9.88. The van der Waals surface area contributed by atoms with Crippen molar-refractivity contribution in [2.75, 3.05) is 66.6 Å². The van der Waals surface area contributed by atoms with Crippen LogP contribution < -0.4 is 30.7 Å². The Labute approximate surface area is 814 Å². The number of nitrogens with zero attached hydrogens (tertiary/aromatic N) is 5. The number of ether oxygens (including phenoxy) is 6. The van der Waals surface area contributed by atoms with Gasteiger partial charge in [0.15, 0.2) is 0 Å². The number of carbonyl (C=O) groups is 8. The highest BCUT2D eigenvalue weighted by atomic mass is 35.5. The Morgan fingerprint density at radius 3 is 0.876 bits per heavy atom. The molecule has 726 valence electrons. The minimum Gasteiger partial charge on any atom is -0.497 e. The predicted molar refractivity (Wildman–Crippen MR) is 539 cm³/mol. The molecule has 7 aromatic carbocycles. The summed E-state index contributed by atoms with van der Waals surface area (Å²) in [7, 11) is 3.34. The van der Waals surface area contributed by atoms with Crippen LogP contribution in [0.4, 0.5) is 19.2 Å². The van der Waals surface area contributed by atoms with Crippen LogP contribution in [0.2, 0.25) is 5.02 Å². The zero-order chi connectivity index (χ0) is 97.7. The standard InChI is InChI=1S/2C29H36N2O4.C28H33ClN2O3.C27H33N3O3/c1-29(2,3)35-28(33)30-16-8-7-14-26(32)31-17-15-24-23-13-6-5-10-20(23)19-25(24)27(31)21-11-9-12-22(18-21)34-4;1-29(2,3)35-28(33)30-17-8-7-11-26(32)31-18-16-24-23-10-6-5-9-21(23)19-25(24)27(31)20-12-14-22(34-4)15-13-20;1-28(2,3)34-27(33)30-16-7-6-10-25(32)31-17-15-23-22-9-5-4-8-20(22)18-24(23)26(31)19-11-13-21(29)14-12-19;1-27(2,3)33-26(32)29-14-7-6-10-24(31)30-17-13-22-21-9-5-4-8-20(21)18-23(22)25(30)19-11-15-28-16-12-19/h5-6,9-13,18,27H,7-8,14-17,19H2,1-4H3,(H,30,33);5-6,9-10,12-15,27H,7-8,11,16-19H2,1-4H3,(H,30,33);4-5,8-9,11-14,26H,6-7,10,15-18H2,1-3H3,(H,30,33);4-5,8-9,11-12,15-16,25H,6-7,10,13-14,17-18H2,1-3H3,(H,29,32). The molecule has 1 aromatic heterocycles. The molecule has 23 nitrogen and oxygen atoms in total. The number of unbranched alkanes of at least 4 members (excludes halogenated alkanes) is 4. The lowest BCUT2D eigenvalue weighted by molar-refractivity contribution is -0.134. The highest BCUT2D eigenvalue weighted by Gasteiger charge is 2.43. The largest absolute Gasteiger partial charge is 0.497 e. The van der Waals surface area contributed by atoms with Gasteiger partial charge in [0.1, 0.15) is 33.9 Å². The number of amides is 8. The summed E-state index contributed by atoms with van der Waals surface area (Å²) >= 11 is 6.16. The number of alkyl carbamates (subject to hydrolysis) is 4. The van der Waals surface area contributed by atoms with Crippen LogP contribution >= 0.6 is 11.6 Å². The summed E-state index contributed by atoms with van der Waals surface area (Å²) in [5.41, 5.74) is 24.0. The topological polar surface area (TPSA) is 266 Å². The SMILES string of the molecule is CC(C)(C)OC(=O)NCCCCC(=O)N1CCC2=C(Cc3ccccc32)C1c1ccc(Cl)cc1.CC(C)(C)OC(=O)NCCCCC(=O)N1CCC2=C(Cc3ccccc32)C1c1ccncc1.COc1ccc(C2C3=C(CCN2C(=O)CCCCNC(=O)OC(C)(C)C)c2ccccc2C3)cc1.COc1cccc(C2C3=C(CCN2C(=O)CCCCNC(=O)OC(C)(C)C)c2ccccc2C3)c1. The number of hydrogen-bond acceptors (Lipinski definition) is 15. The number of benzene rings is 7. The molecule has 0 saturated heterocycles. The summed E-state index contributed by atoms with van der Waals surface area (Å²) in [5.74, 6) is 2.23. The van der Waals surface area contributed by atoms with Gasteiger partial charge in [-0.25, -0.2) is 19.2 Å². The van der Waals surface area contributed by atoms with E-state index in [2.05, 4.69) is 148 Å². The van der Waals surface area contributed by atoms with Gasteiger partial charge in [0.2, 0.25) is 23.6 Å². The van der Waals surface area contributed by atoms with Crippen LogP contribution in [0.3, 0.4) is 0 Å². The Bertz CT molecular complexity index is 5740. The summed E-state index contributed by atoms with van der Waals surface area (Å²) in [4.78, 5) is 113. The van der Waals surface area contributed by atoms with E-state index in [-0.39, 0.29) is 47.8 Å². The zero-order valence-corrected chi connectivity index (χ0v) is 83.2. The fourth-order valence-electron chi connectivity index (χ4n) is 19.8. The number of hydrogen-bond donors (Lipinski definition) is 4. The maximum absolute atomic E-state index is 13.4. The van der Waals surface area contributed by atoms with Crippen LogP contribution in [0.25, 0.3) is 22.3 Å². The van der Waals surface area contributed by atoms with Gasteiger partial charge in [-0.1, -0.05) is 145 Å². The fourth-order valence-corrected chi connectivity index (χ4v) is 20.0. The average Bonchev–Trinajstić information content (AvgIpc) is 1.63. The molecule has 0 spiro atoms. The van der Waals surface area contributed by atoms with E-state index in [1.54, 1.807) is 26.6 Å². The third-order valence-electron chi connectivity index (χ3n) is 25.7. The molecule has 24 heteroatoms. The van der Waals surface area contributed by atoms with Crippen molar-refractivity contribution in [1.29, 1.82) is 0 Å². The van der Waals surface area contributed by atoms with Crippen molar-refractivity contribution >= 4 is 81.9 Å². The van der Waals surface area contributed by atoms with Crippen molar-refractivity contribution in [3.8, 4) is 11.5 Å². The minimum absolute atomic E-state index is 0.0449. The Morgan fingerprint density at radius 2 is 0.591 bits per heavy atom. The van der Waals surface area contributed by atoms with Crippen molar-refractivity contribution in [1.82, 2.24) is 45.9 Å². The molecule has 4 atom stereocenters. The molecule has 137 heavy (non-hydrogen) atoms. The van der Waals surface area contributed by atoms with E-state index in [1.807, 2.05) is 163 Å². The van der Waals surface area contributed by atoms with Crippen molar-refractivity contribution < 1.29 is 66.8 Å². The first kappa shape index (κ1) is 102. The van der Waals surface area contributed by atoms with Crippen LogP contribution in [-0.2, 0) is 63.8 Å². The van der Waals surface area contributed by atoms with Gasteiger partial charge in [-0.05, 0) is 346 Å². The molecule has 8 aliphatic rings. The van der Waals surface area contributed by atoms with Crippen molar-refractivity contribution in [3.63, 3.8) is 0 Å². The molecule has 0 saturated carbocycles. The van der Waals surface area contributed by atoms with Gasteiger partial charge in [0.05, 0.1) is 38.4 Å². The molecule has 0 fully saturated rings. The summed E-state index contributed by atoms with van der Waals surface area (Å²) in [6, 6.07) is 62.2. The number of halogens is 1. The first-order valence-electron chi connectivity index (χ1n) is 48.8. The third-order valence-corrected chi connectivity index (χ3v) is 25.9. The molecule has 16 rings (SSSR count). The number of pyridine rings is 1. The summed E-state index contributed by atoms with van der Waals surface area (Å²) in [6.45, 7) is 26.9. The van der Waals surface area contributed by atoms with Crippen LogP contribution in [0.5, 0.6) is 11.5 Å². The summed E-state index contributed by atoms with van der Waals surface area (Å²) < 4.78 is 31.9. The highest BCUT2D eigenvalue weighted by molar-refractivity contribution is 6.30. The van der Waals surface area contributed by atoms with Gasteiger partial charge in [0, 0.05) is 95.5 Å². The molecule has 0 radical (unpaired) electrons. The number of rotatable bonds is 26. The van der Waals surface area contributed by atoms with Gasteiger partial charge in [0.25, 0.3) is 0 Å². The average molecular weight is 1880 g/mol. The van der Waals surface area contributed by atoms with E-state index < -0.39 is 46.8 Å². The zero-order valence-electron chi connectivity index (χ0n) is 82.4. The molecular formula is C113H138ClN9O14. The Balaban J connectivity index is 0.000000154. The van der Waals surface area contributed by atoms with Gasteiger partial charge < -0.3 is 69.3 Å². The molecule has 4 N–H and O–H groups in total. The molecule has 5 heterocycles. The molecule has 8 amide bonds. The number of nitrogens with one attached hydrogen (secondary N) is 4. The molecular weight excluding hydrogens is 1740 g/mol. The van der Waals surface area contributed by atoms with E-state index in [9.17, 15) is 38.4 Å². The number of methoxy groups -OCH3 is 2. The van der Waals surface area contributed by atoms with E-state index in [1.165, 1.54) is 89.1 Å². The number of carbonyl (C=O) groups excluding carboxylic acids is 8. The third kappa shape index (κ3) is 27.5. The number of aromatic nitrogens is 1. The monoisotopic (exact) mass is 1880 g/mol. The van der Waals surface area contributed by atoms with Crippen LogP contribution in [0, 0.1) is 0 Å². The second kappa shape index (κ2) is 46.6. The fraction of sp³-hybridized carbons (Fsp3) is 0.442. The summed E-state index contributed by atoms with van der Waals surface area (Å²) in [5, 5.41) is 11.8. The van der Waals surface area contributed by atoms with Crippen molar-refractivity contribution in [2.45, 2.75) is 258 Å². The Kier molecular flexibility index (Phi) is 34.6. The lowest BCUT2D eigenvalue weighted by Crippen LogP contribution is -2.39. The predicted octanol–water partition coefficient (Wildman–Crippen LogP) is 22.7. The smallest absolute Gasteiger partial charge is 0.407 e. The first-order chi connectivity index (χ1) is 65.6. The molecule has 4 aliphatic carbocycles. The lowest BCUT2D eigenvalue weighted by Gasteiger charge is -2.38. The van der Waals surface area contributed by atoms with E-state index in [4.69, 9.17) is 40.0 Å². The number of fused-ring (bicyclic) bond motifs is 8. The van der Waals surface area contributed by atoms with Gasteiger partial charge >= 0.3 is 24.4 Å². The Morgan fingerprint density at radius 1 is 0.321 bits per heavy atom. The van der Waals surface area contributed by atoms with Crippen molar-refractivity contribution in [3.05, 3.63) is 288 Å². The Hall–Kier alpha value is -12.5. The normalized spacial score (nSPS) is 17.2. The second-order valence-corrected chi connectivity index (χ2v) is 40.7. The maximum atomic E-state index is 13.4. The minimum atomic E-state index is -0.517. The second-order valence-electron chi connectivity index (χ2n) is 40.2. The van der Waals surface area contributed by atoms with Gasteiger partial charge in [-0.15, -0.1) is 0 Å². The van der Waals surface area contributed by atoms with Crippen molar-refractivity contribution in [2.24, 2.45) is 0 Å². The molecule has 0 bridgehead atoms. The van der Waals surface area contributed by atoms with E-state index in [0.717, 1.165) is 124 Å². The van der Waals surface area contributed by atoms with Crippen LogP contribution in [0.15, 0.2) is 217 Å². The first-order valence-corrected chi connectivity index (χ1v) is 49.2. The highest BCUT2D eigenvalue weighted by Crippen LogP contribution is 2.52. The molecule has 4 unspecified atom stereocenters. The maximum Gasteiger partial charge on any atom is 0.407 e. The van der Waals surface area contributed by atoms with Crippen LogP contribution in [-0.4, -0.2) is 162 Å². The quantitative estimate of drug-likeness (QED) is 0.0290. The molecule has 4 aliphatic heterocycles. The van der Waals surface area contributed by atoms with E-state index in [0.29, 0.717) is 95.8 Å². The van der Waals surface area contributed by atoms with E-state index >= 15 is 0 Å². The van der Waals surface area contributed by atoms with Gasteiger partial charge in [-0.3, -0.25) is 24.2 Å².